The highest BCUT2D eigenvalue weighted by Crippen LogP contribution is 2.29. The van der Waals surface area contributed by atoms with Gasteiger partial charge in [-0.3, -0.25) is 9.59 Å². The van der Waals surface area contributed by atoms with Crippen molar-refractivity contribution in [3.05, 3.63) is 70.2 Å². The lowest BCUT2D eigenvalue weighted by atomic mass is 10.1. The minimum absolute atomic E-state index is 0.0179. The minimum Gasteiger partial charge on any atom is -0.497 e. The van der Waals surface area contributed by atoms with Gasteiger partial charge in [-0.1, -0.05) is 29.3 Å². The van der Waals surface area contributed by atoms with Crippen LogP contribution in [0.25, 0.3) is 11.3 Å². The lowest BCUT2D eigenvalue weighted by Gasteiger charge is -2.36. The fourth-order valence-corrected chi connectivity index (χ4v) is 4.68. The first kappa shape index (κ1) is 26.7. The van der Waals surface area contributed by atoms with Gasteiger partial charge in [0.1, 0.15) is 12.3 Å². The standard InChI is InChI=1S/C27H29Cl2N5O3/c1-18(2)34(27(36)19-5-4-6-21(15-19)37-3)17-26(35)33-13-11-32(12-14-33)25-10-9-24(30-31-25)22-8-7-20(28)16-23(22)29/h4-10,15-16,18H,11-14,17H2,1-3H3. The normalized spacial score (nSPS) is 13.6. The van der Waals surface area contributed by atoms with E-state index in [-0.39, 0.29) is 24.4 Å². The van der Waals surface area contributed by atoms with Crippen molar-refractivity contribution in [2.75, 3.05) is 44.7 Å². The second kappa shape index (κ2) is 11.8. The van der Waals surface area contributed by atoms with Crippen LogP contribution in [-0.2, 0) is 4.79 Å². The predicted octanol–water partition coefficient (Wildman–Crippen LogP) is 4.66. The molecule has 2 amide bonds. The Labute approximate surface area is 226 Å². The highest BCUT2D eigenvalue weighted by Gasteiger charge is 2.27. The Kier molecular flexibility index (Phi) is 8.51. The summed E-state index contributed by atoms with van der Waals surface area (Å²) in [7, 11) is 1.56. The van der Waals surface area contributed by atoms with Gasteiger partial charge in [0.15, 0.2) is 5.82 Å². The minimum atomic E-state index is -0.197. The maximum Gasteiger partial charge on any atom is 0.254 e. The van der Waals surface area contributed by atoms with Gasteiger partial charge in [0.05, 0.1) is 17.8 Å². The molecular weight excluding hydrogens is 513 g/mol. The molecule has 4 rings (SSSR count). The van der Waals surface area contributed by atoms with Gasteiger partial charge in [0.25, 0.3) is 5.91 Å². The number of piperazine rings is 1. The molecule has 1 aliphatic heterocycles. The highest BCUT2D eigenvalue weighted by molar-refractivity contribution is 6.36. The summed E-state index contributed by atoms with van der Waals surface area (Å²) in [5.41, 5.74) is 1.92. The van der Waals surface area contributed by atoms with E-state index in [0.29, 0.717) is 53.2 Å². The molecule has 1 fully saturated rings. The van der Waals surface area contributed by atoms with Gasteiger partial charge in [-0.2, -0.15) is 0 Å². The Hall–Kier alpha value is -3.36. The van der Waals surface area contributed by atoms with E-state index in [9.17, 15) is 9.59 Å². The molecule has 2 heterocycles. The summed E-state index contributed by atoms with van der Waals surface area (Å²) in [5, 5.41) is 9.79. The van der Waals surface area contributed by atoms with Crippen molar-refractivity contribution in [3.8, 4) is 17.0 Å². The van der Waals surface area contributed by atoms with Crippen LogP contribution in [0.4, 0.5) is 5.82 Å². The number of methoxy groups -OCH3 is 1. The van der Waals surface area contributed by atoms with Crippen molar-refractivity contribution < 1.29 is 14.3 Å². The number of carbonyl (C=O) groups is 2. The lowest BCUT2D eigenvalue weighted by molar-refractivity contribution is -0.132. The molecule has 10 heteroatoms. The summed E-state index contributed by atoms with van der Waals surface area (Å²) in [4.78, 5) is 31.7. The van der Waals surface area contributed by atoms with Gasteiger partial charge in [-0.25, -0.2) is 0 Å². The number of rotatable bonds is 7. The second-order valence-corrected chi connectivity index (χ2v) is 9.87. The van der Waals surface area contributed by atoms with E-state index in [1.165, 1.54) is 0 Å². The van der Waals surface area contributed by atoms with Crippen molar-refractivity contribution in [1.82, 2.24) is 20.0 Å². The molecule has 1 aromatic heterocycles. The van der Waals surface area contributed by atoms with E-state index < -0.39 is 0 Å². The lowest BCUT2D eigenvalue weighted by Crippen LogP contribution is -2.53. The zero-order chi connectivity index (χ0) is 26.5. The Balaban J connectivity index is 1.36. The molecule has 0 unspecified atom stereocenters. The van der Waals surface area contributed by atoms with Gasteiger partial charge in [0.2, 0.25) is 5.91 Å². The van der Waals surface area contributed by atoms with E-state index in [4.69, 9.17) is 27.9 Å². The summed E-state index contributed by atoms with van der Waals surface area (Å²) in [6.45, 7) is 6.13. The first-order chi connectivity index (χ1) is 17.8. The zero-order valence-electron chi connectivity index (χ0n) is 21.0. The third-order valence-electron chi connectivity index (χ3n) is 6.32. The number of carbonyl (C=O) groups excluding carboxylic acids is 2. The van der Waals surface area contributed by atoms with Crippen molar-refractivity contribution in [2.24, 2.45) is 0 Å². The van der Waals surface area contributed by atoms with Crippen LogP contribution in [0.15, 0.2) is 54.6 Å². The highest BCUT2D eigenvalue weighted by atomic mass is 35.5. The fraction of sp³-hybridized carbons (Fsp3) is 0.333. The molecule has 1 aliphatic rings. The molecule has 2 aromatic carbocycles. The molecule has 194 valence electrons. The Morgan fingerprint density at radius 3 is 2.38 bits per heavy atom. The van der Waals surface area contributed by atoms with Gasteiger partial charge < -0.3 is 19.4 Å². The van der Waals surface area contributed by atoms with Crippen LogP contribution in [0.2, 0.25) is 10.0 Å². The van der Waals surface area contributed by atoms with Crippen LogP contribution < -0.4 is 9.64 Å². The summed E-state index contributed by atoms with van der Waals surface area (Å²) in [6.07, 6.45) is 0. The van der Waals surface area contributed by atoms with Crippen LogP contribution in [0.3, 0.4) is 0 Å². The molecule has 37 heavy (non-hydrogen) atoms. The summed E-state index contributed by atoms with van der Waals surface area (Å²) < 4.78 is 5.24. The molecule has 0 aliphatic carbocycles. The molecule has 8 nitrogen and oxygen atoms in total. The molecule has 0 spiro atoms. The monoisotopic (exact) mass is 541 g/mol. The van der Waals surface area contributed by atoms with Crippen LogP contribution in [-0.4, -0.2) is 77.7 Å². The van der Waals surface area contributed by atoms with Gasteiger partial charge in [-0.05, 0) is 62.4 Å². The summed E-state index contributed by atoms with van der Waals surface area (Å²) in [6, 6.07) is 15.9. The first-order valence-corrected chi connectivity index (χ1v) is 12.8. The average molecular weight is 542 g/mol. The van der Waals surface area contributed by atoms with E-state index in [1.807, 2.05) is 32.0 Å². The van der Waals surface area contributed by atoms with Crippen LogP contribution in [0.1, 0.15) is 24.2 Å². The van der Waals surface area contributed by atoms with E-state index in [0.717, 1.165) is 11.4 Å². The zero-order valence-corrected chi connectivity index (χ0v) is 22.5. The number of hydrogen-bond acceptors (Lipinski definition) is 6. The van der Waals surface area contributed by atoms with Crippen molar-refractivity contribution >= 4 is 40.8 Å². The van der Waals surface area contributed by atoms with Crippen molar-refractivity contribution in [1.29, 1.82) is 0 Å². The molecular formula is C27H29Cl2N5O3. The van der Waals surface area contributed by atoms with Gasteiger partial charge >= 0.3 is 0 Å². The molecule has 0 radical (unpaired) electrons. The number of anilines is 1. The largest absolute Gasteiger partial charge is 0.497 e. The quantitative estimate of drug-likeness (QED) is 0.432. The smallest absolute Gasteiger partial charge is 0.254 e. The maximum atomic E-state index is 13.1. The van der Waals surface area contributed by atoms with Crippen LogP contribution >= 0.6 is 23.2 Å². The molecule has 0 saturated carbocycles. The molecule has 0 N–H and O–H groups in total. The Bertz CT molecular complexity index is 1260. The summed E-state index contributed by atoms with van der Waals surface area (Å²) in [5.74, 6) is 1.06. The van der Waals surface area contributed by atoms with Gasteiger partial charge in [0, 0.05) is 48.4 Å². The molecule has 0 atom stereocenters. The predicted molar refractivity (Wildman–Crippen MR) is 145 cm³/mol. The fourth-order valence-electron chi connectivity index (χ4n) is 4.18. The second-order valence-electron chi connectivity index (χ2n) is 9.03. The number of hydrogen-bond donors (Lipinski definition) is 0. The van der Waals surface area contributed by atoms with Crippen molar-refractivity contribution in [2.45, 2.75) is 19.9 Å². The molecule has 1 saturated heterocycles. The third-order valence-corrected chi connectivity index (χ3v) is 6.87. The number of nitrogens with zero attached hydrogens (tertiary/aromatic N) is 5. The number of ether oxygens (including phenoxy) is 1. The Morgan fingerprint density at radius 2 is 1.76 bits per heavy atom. The van der Waals surface area contributed by atoms with E-state index in [2.05, 4.69) is 15.1 Å². The first-order valence-electron chi connectivity index (χ1n) is 12.0. The number of amides is 2. The average Bonchev–Trinajstić information content (AvgIpc) is 2.91. The number of halogens is 2. The van der Waals surface area contributed by atoms with Crippen LogP contribution in [0.5, 0.6) is 5.75 Å². The maximum absolute atomic E-state index is 13.1. The van der Waals surface area contributed by atoms with Gasteiger partial charge in [-0.15, -0.1) is 10.2 Å². The third kappa shape index (κ3) is 6.32. The SMILES string of the molecule is COc1cccc(C(=O)N(CC(=O)N2CCN(c3ccc(-c4ccc(Cl)cc4Cl)nn3)CC2)C(C)C)c1. The summed E-state index contributed by atoms with van der Waals surface area (Å²) >= 11 is 12.3. The van der Waals surface area contributed by atoms with E-state index >= 15 is 0 Å². The molecule has 3 aromatic rings. The van der Waals surface area contributed by atoms with Crippen molar-refractivity contribution in [3.63, 3.8) is 0 Å². The topological polar surface area (TPSA) is 78.9 Å². The number of benzene rings is 2. The van der Waals surface area contributed by atoms with Crippen LogP contribution in [0, 0.1) is 0 Å². The number of aromatic nitrogens is 2. The Morgan fingerprint density at radius 1 is 1.00 bits per heavy atom. The molecule has 0 bridgehead atoms. The van der Waals surface area contributed by atoms with E-state index in [1.54, 1.807) is 53.3 Å².